The van der Waals surface area contributed by atoms with Gasteiger partial charge in [0, 0.05) is 36.7 Å². The van der Waals surface area contributed by atoms with Crippen molar-refractivity contribution in [1.82, 2.24) is 20.7 Å². The van der Waals surface area contributed by atoms with E-state index in [9.17, 15) is 9.59 Å². The zero-order valence-corrected chi connectivity index (χ0v) is 19.1. The molecule has 0 radical (unpaired) electrons. The average Bonchev–Trinajstić information content (AvgIpc) is 3.30. The number of benzene rings is 2. The number of halogens is 1. The van der Waals surface area contributed by atoms with Crippen molar-refractivity contribution in [3.05, 3.63) is 64.1 Å². The van der Waals surface area contributed by atoms with Gasteiger partial charge in [-0.1, -0.05) is 40.2 Å². The summed E-state index contributed by atoms with van der Waals surface area (Å²) in [6.07, 6.45) is 1.07. The molecule has 0 bridgehead atoms. The van der Waals surface area contributed by atoms with Gasteiger partial charge in [0.1, 0.15) is 11.8 Å². The first kappa shape index (κ1) is 21.8. The number of methoxy groups -OCH3 is 1. The number of amides is 2. The molecule has 0 spiro atoms. The number of hydrogen-bond donors (Lipinski definition) is 2. The molecule has 2 aromatic carbocycles. The Labute approximate surface area is 190 Å². The molecule has 0 aromatic heterocycles. The summed E-state index contributed by atoms with van der Waals surface area (Å²) in [5.74, 6) is 0.961. The normalized spacial score (nSPS) is 21.2. The fourth-order valence-corrected chi connectivity index (χ4v) is 4.32. The second-order valence-corrected chi connectivity index (χ2v) is 8.83. The zero-order chi connectivity index (χ0) is 21.8. The summed E-state index contributed by atoms with van der Waals surface area (Å²) in [6, 6.07) is 15.5. The number of hydrogen-bond acceptors (Lipinski definition) is 5. The predicted molar refractivity (Wildman–Crippen MR) is 121 cm³/mol. The van der Waals surface area contributed by atoms with E-state index in [1.807, 2.05) is 46.2 Å². The highest BCUT2D eigenvalue weighted by atomic mass is 79.9. The topological polar surface area (TPSA) is 73.9 Å². The molecule has 2 unspecified atom stereocenters. The monoisotopic (exact) mass is 486 g/mol. The third-order valence-electron chi connectivity index (χ3n) is 5.93. The number of ether oxygens (including phenoxy) is 1. The van der Waals surface area contributed by atoms with E-state index < -0.39 is 0 Å². The minimum absolute atomic E-state index is 0.0910. The van der Waals surface area contributed by atoms with Crippen LogP contribution in [0.3, 0.4) is 0 Å². The summed E-state index contributed by atoms with van der Waals surface area (Å²) >= 11 is 3.45. The number of hydrazine groups is 1. The van der Waals surface area contributed by atoms with Crippen LogP contribution in [0, 0.1) is 0 Å². The Morgan fingerprint density at radius 3 is 2.26 bits per heavy atom. The highest BCUT2D eigenvalue weighted by Gasteiger charge is 2.34. The van der Waals surface area contributed by atoms with Gasteiger partial charge in [0.05, 0.1) is 13.5 Å². The lowest BCUT2D eigenvalue weighted by atomic mass is 10.0. The molecular formula is C23H27BrN4O3. The van der Waals surface area contributed by atoms with Crippen molar-refractivity contribution in [3.63, 3.8) is 0 Å². The van der Waals surface area contributed by atoms with Gasteiger partial charge in [-0.15, -0.1) is 0 Å². The number of rotatable bonds is 5. The minimum atomic E-state index is -0.254. The Hall–Kier alpha value is -2.42. The number of nitrogens with zero attached hydrogens (tertiary/aromatic N) is 2. The molecule has 8 heteroatoms. The fourth-order valence-electron chi connectivity index (χ4n) is 4.06. The van der Waals surface area contributed by atoms with Crippen LogP contribution in [0.15, 0.2) is 53.0 Å². The predicted octanol–water partition coefficient (Wildman–Crippen LogP) is 2.28. The van der Waals surface area contributed by atoms with E-state index >= 15 is 0 Å². The van der Waals surface area contributed by atoms with Crippen LogP contribution in [-0.2, 0) is 16.0 Å². The lowest BCUT2D eigenvalue weighted by Crippen LogP contribution is -2.54. The summed E-state index contributed by atoms with van der Waals surface area (Å²) < 4.78 is 6.20. The second kappa shape index (κ2) is 9.80. The van der Waals surface area contributed by atoms with Gasteiger partial charge in [-0.05, 0) is 41.8 Å². The molecule has 2 atom stereocenters. The highest BCUT2D eigenvalue weighted by Crippen LogP contribution is 2.25. The Balaban J connectivity index is 1.25. The van der Waals surface area contributed by atoms with Crippen LogP contribution < -0.4 is 15.6 Å². The van der Waals surface area contributed by atoms with Gasteiger partial charge in [0.2, 0.25) is 11.8 Å². The maximum atomic E-state index is 13.0. The SMILES string of the molecule is COc1ccc(CC(=O)N2CCN(C(=O)C3CC(c4ccc(Br)cc4)NN3)CC2)cc1. The van der Waals surface area contributed by atoms with Crippen molar-refractivity contribution >= 4 is 27.7 Å². The van der Waals surface area contributed by atoms with Gasteiger partial charge in [0.15, 0.2) is 0 Å². The first-order chi connectivity index (χ1) is 15.0. The molecule has 0 aliphatic carbocycles. The van der Waals surface area contributed by atoms with Crippen molar-refractivity contribution < 1.29 is 14.3 Å². The number of carbonyl (C=O) groups is 2. The minimum Gasteiger partial charge on any atom is -0.497 e. The smallest absolute Gasteiger partial charge is 0.241 e. The Bertz CT molecular complexity index is 911. The summed E-state index contributed by atoms with van der Waals surface area (Å²) in [7, 11) is 1.62. The maximum absolute atomic E-state index is 13.0. The fraction of sp³-hybridized carbons (Fsp3) is 0.391. The zero-order valence-electron chi connectivity index (χ0n) is 17.5. The van der Waals surface area contributed by atoms with Gasteiger partial charge >= 0.3 is 0 Å². The van der Waals surface area contributed by atoms with E-state index in [1.165, 1.54) is 0 Å². The molecule has 2 heterocycles. The molecule has 4 rings (SSSR count). The molecule has 2 aliphatic rings. The number of piperazine rings is 1. The van der Waals surface area contributed by atoms with Crippen molar-refractivity contribution in [2.45, 2.75) is 24.9 Å². The van der Waals surface area contributed by atoms with Crippen molar-refractivity contribution in [2.75, 3.05) is 33.3 Å². The molecule has 2 amide bonds. The van der Waals surface area contributed by atoms with Crippen molar-refractivity contribution in [3.8, 4) is 5.75 Å². The molecule has 2 aromatic rings. The standard InChI is InChI=1S/C23H27BrN4O3/c1-31-19-8-2-16(3-9-19)14-22(29)27-10-12-28(13-11-27)23(30)21-15-20(25-26-21)17-4-6-18(24)7-5-17/h2-9,20-21,25-26H,10-15H2,1H3. The van der Waals surface area contributed by atoms with Crippen LogP contribution in [0.25, 0.3) is 0 Å². The quantitative estimate of drug-likeness (QED) is 0.677. The Morgan fingerprint density at radius 2 is 1.61 bits per heavy atom. The largest absolute Gasteiger partial charge is 0.497 e. The van der Waals surface area contributed by atoms with Crippen LogP contribution in [0.4, 0.5) is 0 Å². The van der Waals surface area contributed by atoms with Gasteiger partial charge in [0.25, 0.3) is 0 Å². The Morgan fingerprint density at radius 1 is 0.968 bits per heavy atom. The van der Waals surface area contributed by atoms with Crippen LogP contribution >= 0.6 is 15.9 Å². The van der Waals surface area contributed by atoms with E-state index in [-0.39, 0.29) is 23.9 Å². The van der Waals surface area contributed by atoms with Crippen LogP contribution in [0.2, 0.25) is 0 Å². The molecule has 31 heavy (non-hydrogen) atoms. The molecule has 0 saturated carbocycles. The van der Waals surface area contributed by atoms with E-state index in [1.54, 1.807) is 7.11 Å². The third kappa shape index (κ3) is 5.26. The molecule has 7 nitrogen and oxygen atoms in total. The summed E-state index contributed by atoms with van der Waals surface area (Å²) in [5.41, 5.74) is 8.50. The first-order valence-corrected chi connectivity index (χ1v) is 11.3. The molecule has 2 fully saturated rings. The van der Waals surface area contributed by atoms with Crippen LogP contribution in [-0.4, -0.2) is 60.9 Å². The first-order valence-electron chi connectivity index (χ1n) is 10.5. The molecule has 2 aliphatic heterocycles. The number of carbonyl (C=O) groups excluding carboxylic acids is 2. The van der Waals surface area contributed by atoms with Gasteiger partial charge in [-0.25, -0.2) is 10.9 Å². The summed E-state index contributed by atoms with van der Waals surface area (Å²) in [5, 5.41) is 0. The molecule has 2 N–H and O–H groups in total. The van der Waals surface area contributed by atoms with E-state index in [2.05, 4.69) is 38.9 Å². The summed E-state index contributed by atoms with van der Waals surface area (Å²) in [4.78, 5) is 29.3. The average molecular weight is 487 g/mol. The summed E-state index contributed by atoms with van der Waals surface area (Å²) in [6.45, 7) is 2.26. The van der Waals surface area contributed by atoms with Crippen molar-refractivity contribution in [1.29, 1.82) is 0 Å². The highest BCUT2D eigenvalue weighted by molar-refractivity contribution is 9.10. The maximum Gasteiger partial charge on any atom is 0.241 e. The molecule has 2 saturated heterocycles. The van der Waals surface area contributed by atoms with Crippen molar-refractivity contribution in [2.24, 2.45) is 0 Å². The van der Waals surface area contributed by atoms with E-state index in [0.717, 1.165) is 21.3 Å². The Kier molecular flexibility index (Phi) is 6.89. The lowest BCUT2D eigenvalue weighted by molar-refractivity contribution is -0.140. The van der Waals surface area contributed by atoms with Gasteiger partial charge < -0.3 is 14.5 Å². The molecular weight excluding hydrogens is 460 g/mol. The van der Waals surface area contributed by atoms with E-state index in [4.69, 9.17) is 4.74 Å². The number of nitrogens with one attached hydrogen (secondary N) is 2. The van der Waals surface area contributed by atoms with Gasteiger partial charge in [-0.2, -0.15) is 0 Å². The van der Waals surface area contributed by atoms with Crippen LogP contribution in [0.5, 0.6) is 5.75 Å². The second-order valence-electron chi connectivity index (χ2n) is 7.91. The molecule has 164 valence electrons. The lowest BCUT2D eigenvalue weighted by Gasteiger charge is -2.36. The van der Waals surface area contributed by atoms with Crippen LogP contribution in [0.1, 0.15) is 23.6 Å². The van der Waals surface area contributed by atoms with Gasteiger partial charge in [-0.3, -0.25) is 9.59 Å². The van der Waals surface area contributed by atoms with E-state index in [0.29, 0.717) is 39.0 Å². The third-order valence-corrected chi connectivity index (χ3v) is 6.46.